The van der Waals surface area contributed by atoms with Gasteiger partial charge in [0, 0.05) is 23.4 Å². The lowest BCUT2D eigenvalue weighted by molar-refractivity contribution is 0.346. The molecule has 1 N–H and O–H groups in total. The molecule has 0 saturated carbocycles. The monoisotopic (exact) mass is 283 g/mol. The maximum atomic E-state index is 5.48. The Hall–Kier alpha value is -1.07. The van der Waals surface area contributed by atoms with Gasteiger partial charge in [-0.1, -0.05) is 6.92 Å². The van der Waals surface area contributed by atoms with E-state index < -0.39 is 0 Å². The third-order valence-electron chi connectivity index (χ3n) is 3.36. The van der Waals surface area contributed by atoms with Crippen LogP contribution in [0.4, 0.5) is 0 Å². The SMILES string of the molecule is CCC1CSC(c2cc(OC)c(OC)cc2OC)N1. The van der Waals surface area contributed by atoms with Gasteiger partial charge in [0.1, 0.15) is 5.75 Å². The predicted octanol–water partition coefficient (Wildman–Crippen LogP) is 2.83. The molecule has 2 unspecified atom stereocenters. The highest BCUT2D eigenvalue weighted by Crippen LogP contribution is 2.43. The van der Waals surface area contributed by atoms with Crippen molar-refractivity contribution in [3.8, 4) is 17.2 Å². The number of rotatable bonds is 5. The minimum absolute atomic E-state index is 0.250. The number of ether oxygens (including phenoxy) is 3. The minimum atomic E-state index is 0.250. The van der Waals surface area contributed by atoms with E-state index in [2.05, 4.69) is 12.2 Å². The van der Waals surface area contributed by atoms with Crippen LogP contribution in [0.2, 0.25) is 0 Å². The highest BCUT2D eigenvalue weighted by atomic mass is 32.2. The molecule has 1 aliphatic heterocycles. The van der Waals surface area contributed by atoms with Gasteiger partial charge in [-0.05, 0) is 12.5 Å². The molecule has 0 amide bonds. The third kappa shape index (κ3) is 2.92. The van der Waals surface area contributed by atoms with Crippen LogP contribution >= 0.6 is 11.8 Å². The first kappa shape index (κ1) is 14.3. The molecule has 1 saturated heterocycles. The first-order valence-electron chi connectivity index (χ1n) is 6.41. The highest BCUT2D eigenvalue weighted by molar-refractivity contribution is 7.99. The summed E-state index contributed by atoms with van der Waals surface area (Å²) in [6.07, 6.45) is 1.14. The van der Waals surface area contributed by atoms with Crippen molar-refractivity contribution in [1.82, 2.24) is 5.32 Å². The topological polar surface area (TPSA) is 39.7 Å². The maximum absolute atomic E-state index is 5.48. The average molecular weight is 283 g/mol. The van der Waals surface area contributed by atoms with Crippen molar-refractivity contribution < 1.29 is 14.2 Å². The molecule has 2 rings (SSSR count). The van der Waals surface area contributed by atoms with Gasteiger partial charge >= 0.3 is 0 Å². The lowest BCUT2D eigenvalue weighted by atomic mass is 10.1. The van der Waals surface area contributed by atoms with Crippen LogP contribution < -0.4 is 19.5 Å². The molecule has 0 radical (unpaired) electrons. The van der Waals surface area contributed by atoms with Gasteiger partial charge in [-0.15, -0.1) is 11.8 Å². The second-order valence-corrected chi connectivity index (χ2v) is 5.57. The fraction of sp³-hybridized carbons (Fsp3) is 0.571. The summed E-state index contributed by atoms with van der Waals surface area (Å²) in [6, 6.07) is 4.45. The molecule has 1 heterocycles. The van der Waals surface area contributed by atoms with Gasteiger partial charge in [-0.3, -0.25) is 5.32 Å². The van der Waals surface area contributed by atoms with Crippen molar-refractivity contribution in [2.24, 2.45) is 0 Å². The Bertz CT molecular complexity index is 439. The van der Waals surface area contributed by atoms with Gasteiger partial charge in [-0.25, -0.2) is 0 Å². The summed E-state index contributed by atoms with van der Waals surface area (Å²) in [5.74, 6) is 3.39. The van der Waals surface area contributed by atoms with E-state index in [1.165, 1.54) is 0 Å². The van der Waals surface area contributed by atoms with Gasteiger partial charge in [0.2, 0.25) is 0 Å². The average Bonchev–Trinajstić information content (AvgIpc) is 2.94. The zero-order valence-electron chi connectivity index (χ0n) is 11.9. The van der Waals surface area contributed by atoms with Crippen LogP contribution in [0.1, 0.15) is 24.3 Å². The maximum Gasteiger partial charge on any atom is 0.164 e. The molecule has 106 valence electrons. The van der Waals surface area contributed by atoms with E-state index in [9.17, 15) is 0 Å². The van der Waals surface area contributed by atoms with E-state index in [0.29, 0.717) is 11.8 Å². The molecule has 1 aromatic rings. The number of hydrogen-bond acceptors (Lipinski definition) is 5. The van der Waals surface area contributed by atoms with E-state index in [1.807, 2.05) is 23.9 Å². The van der Waals surface area contributed by atoms with Crippen molar-refractivity contribution in [1.29, 1.82) is 0 Å². The van der Waals surface area contributed by atoms with Crippen molar-refractivity contribution in [2.75, 3.05) is 27.1 Å². The molecule has 1 aliphatic rings. The van der Waals surface area contributed by atoms with E-state index in [4.69, 9.17) is 14.2 Å². The Morgan fingerprint density at radius 2 is 1.74 bits per heavy atom. The standard InChI is InChI=1S/C14H21NO3S/c1-5-9-8-19-14(15-9)10-6-12(17-3)13(18-4)7-11(10)16-2/h6-7,9,14-15H,5,8H2,1-4H3. The first-order chi connectivity index (χ1) is 9.23. The molecular formula is C14H21NO3S. The fourth-order valence-electron chi connectivity index (χ4n) is 2.20. The molecule has 19 heavy (non-hydrogen) atoms. The van der Waals surface area contributed by atoms with Crippen LogP contribution in [-0.2, 0) is 0 Å². The van der Waals surface area contributed by atoms with Crippen molar-refractivity contribution in [3.05, 3.63) is 17.7 Å². The molecule has 4 nitrogen and oxygen atoms in total. The normalized spacial score (nSPS) is 22.3. The molecule has 0 spiro atoms. The third-order valence-corrected chi connectivity index (χ3v) is 4.68. The summed E-state index contributed by atoms with van der Waals surface area (Å²) in [6.45, 7) is 2.20. The largest absolute Gasteiger partial charge is 0.496 e. The molecule has 5 heteroatoms. The number of benzene rings is 1. The van der Waals surface area contributed by atoms with E-state index in [-0.39, 0.29) is 5.37 Å². The summed E-state index contributed by atoms with van der Waals surface area (Å²) >= 11 is 1.90. The quantitative estimate of drug-likeness (QED) is 0.899. The van der Waals surface area contributed by atoms with E-state index in [0.717, 1.165) is 29.2 Å². The van der Waals surface area contributed by atoms with Crippen LogP contribution in [0.3, 0.4) is 0 Å². The fourth-order valence-corrected chi connectivity index (χ4v) is 3.60. The molecule has 1 aromatic carbocycles. The van der Waals surface area contributed by atoms with Crippen LogP contribution in [-0.4, -0.2) is 33.1 Å². The second-order valence-electron chi connectivity index (χ2n) is 4.43. The van der Waals surface area contributed by atoms with Crippen LogP contribution in [0.25, 0.3) is 0 Å². The van der Waals surface area contributed by atoms with Crippen LogP contribution in [0.15, 0.2) is 12.1 Å². The van der Waals surface area contributed by atoms with Crippen LogP contribution in [0.5, 0.6) is 17.2 Å². The minimum Gasteiger partial charge on any atom is -0.496 e. The molecule has 0 bridgehead atoms. The highest BCUT2D eigenvalue weighted by Gasteiger charge is 2.27. The molecule has 0 aliphatic carbocycles. The lowest BCUT2D eigenvalue weighted by Crippen LogP contribution is -2.24. The Morgan fingerprint density at radius 3 is 2.26 bits per heavy atom. The van der Waals surface area contributed by atoms with Crippen molar-refractivity contribution in [2.45, 2.75) is 24.8 Å². The second kappa shape index (κ2) is 6.39. The Kier molecular flexibility index (Phi) is 4.82. The summed E-state index contributed by atoms with van der Waals surface area (Å²) in [5.41, 5.74) is 1.11. The Balaban J connectivity index is 2.33. The molecular weight excluding hydrogens is 262 g/mol. The van der Waals surface area contributed by atoms with Gasteiger partial charge in [0.15, 0.2) is 11.5 Å². The van der Waals surface area contributed by atoms with Crippen molar-refractivity contribution >= 4 is 11.8 Å². The summed E-state index contributed by atoms with van der Waals surface area (Å²) < 4.78 is 16.2. The Labute approximate surface area is 118 Å². The van der Waals surface area contributed by atoms with E-state index in [1.54, 1.807) is 21.3 Å². The lowest BCUT2D eigenvalue weighted by Gasteiger charge is -2.18. The zero-order chi connectivity index (χ0) is 13.8. The van der Waals surface area contributed by atoms with Gasteiger partial charge in [0.05, 0.1) is 26.7 Å². The number of methoxy groups -OCH3 is 3. The molecule has 1 fully saturated rings. The van der Waals surface area contributed by atoms with Gasteiger partial charge in [-0.2, -0.15) is 0 Å². The number of hydrogen-bond donors (Lipinski definition) is 1. The van der Waals surface area contributed by atoms with Gasteiger partial charge in [0.25, 0.3) is 0 Å². The number of nitrogens with one attached hydrogen (secondary N) is 1. The zero-order valence-corrected chi connectivity index (χ0v) is 12.7. The predicted molar refractivity (Wildman–Crippen MR) is 78.5 cm³/mol. The first-order valence-corrected chi connectivity index (χ1v) is 7.45. The smallest absolute Gasteiger partial charge is 0.164 e. The molecule has 2 atom stereocenters. The van der Waals surface area contributed by atoms with Crippen molar-refractivity contribution in [3.63, 3.8) is 0 Å². The Morgan fingerprint density at radius 1 is 1.11 bits per heavy atom. The van der Waals surface area contributed by atoms with Crippen LogP contribution in [0, 0.1) is 0 Å². The summed E-state index contributed by atoms with van der Waals surface area (Å²) in [4.78, 5) is 0. The molecule has 0 aromatic heterocycles. The number of thioether (sulfide) groups is 1. The van der Waals surface area contributed by atoms with E-state index >= 15 is 0 Å². The summed E-state index contributed by atoms with van der Waals surface area (Å²) in [7, 11) is 4.96. The summed E-state index contributed by atoms with van der Waals surface area (Å²) in [5, 5.41) is 3.86. The van der Waals surface area contributed by atoms with Gasteiger partial charge < -0.3 is 14.2 Å².